The fourth-order valence-corrected chi connectivity index (χ4v) is 2.69. The van der Waals surface area contributed by atoms with Crippen LogP contribution < -0.4 is 11.3 Å². The van der Waals surface area contributed by atoms with Gasteiger partial charge in [-0.05, 0) is 19.3 Å². The third kappa shape index (κ3) is 4.40. The second-order valence-corrected chi connectivity index (χ2v) is 6.81. The van der Waals surface area contributed by atoms with Gasteiger partial charge in [-0.1, -0.05) is 6.92 Å². The van der Waals surface area contributed by atoms with Crippen molar-refractivity contribution >= 4 is 9.84 Å². The molecule has 0 spiro atoms. The van der Waals surface area contributed by atoms with Crippen LogP contribution in [-0.2, 0) is 23.3 Å². The van der Waals surface area contributed by atoms with Gasteiger partial charge in [-0.25, -0.2) is 8.42 Å². The first-order valence-electron chi connectivity index (χ1n) is 6.03. The van der Waals surface area contributed by atoms with Crippen molar-refractivity contribution in [3.05, 3.63) is 17.5 Å². The van der Waals surface area contributed by atoms with Crippen LogP contribution in [0.3, 0.4) is 0 Å². The zero-order chi connectivity index (χ0) is 13.8. The Kier molecular flexibility index (Phi) is 5.30. The van der Waals surface area contributed by atoms with E-state index in [2.05, 4.69) is 10.5 Å². The Hall–Kier alpha value is -0.920. The maximum atomic E-state index is 11.1. The van der Waals surface area contributed by atoms with Crippen molar-refractivity contribution < 1.29 is 8.42 Å². The Morgan fingerprint density at radius 3 is 2.72 bits per heavy atom. The fourth-order valence-electron chi connectivity index (χ4n) is 2.00. The van der Waals surface area contributed by atoms with Crippen LogP contribution in [0, 0.1) is 0 Å². The van der Waals surface area contributed by atoms with E-state index in [1.54, 1.807) is 4.68 Å². The summed E-state index contributed by atoms with van der Waals surface area (Å²) in [5, 5.41) is 4.36. The Morgan fingerprint density at radius 1 is 1.56 bits per heavy atom. The van der Waals surface area contributed by atoms with Gasteiger partial charge >= 0.3 is 0 Å². The second-order valence-electron chi connectivity index (χ2n) is 4.55. The number of nitrogens with one attached hydrogen (secondary N) is 1. The minimum atomic E-state index is -2.91. The minimum absolute atomic E-state index is 0.0459. The topological polar surface area (TPSA) is 90.0 Å². The Balaban J connectivity index is 2.71. The summed E-state index contributed by atoms with van der Waals surface area (Å²) in [6.45, 7) is 2.04. The van der Waals surface area contributed by atoms with Crippen LogP contribution in [0.25, 0.3) is 0 Å². The molecule has 0 aliphatic heterocycles. The quantitative estimate of drug-likeness (QED) is 0.552. The van der Waals surface area contributed by atoms with Gasteiger partial charge in [-0.15, -0.1) is 0 Å². The first-order valence-corrected chi connectivity index (χ1v) is 8.09. The molecule has 0 amide bonds. The molecular weight excluding hydrogens is 252 g/mol. The van der Waals surface area contributed by atoms with E-state index in [1.165, 1.54) is 6.26 Å². The van der Waals surface area contributed by atoms with Crippen LogP contribution in [0.4, 0.5) is 0 Å². The normalized spacial score (nSPS) is 13.8. The summed E-state index contributed by atoms with van der Waals surface area (Å²) in [5.74, 6) is 5.74. The summed E-state index contributed by atoms with van der Waals surface area (Å²) < 4.78 is 24.0. The Labute approximate surface area is 108 Å². The smallest absolute Gasteiger partial charge is 0.147 e. The van der Waals surface area contributed by atoms with Crippen molar-refractivity contribution in [2.75, 3.05) is 12.0 Å². The highest BCUT2D eigenvalue weighted by Crippen LogP contribution is 2.21. The molecule has 0 fully saturated rings. The van der Waals surface area contributed by atoms with Gasteiger partial charge in [0.05, 0.1) is 5.69 Å². The number of nitrogens with two attached hydrogens (primary N) is 1. The van der Waals surface area contributed by atoms with E-state index in [1.807, 2.05) is 20.2 Å². The highest BCUT2D eigenvalue weighted by molar-refractivity contribution is 7.90. The fraction of sp³-hybridized carbons (Fsp3) is 0.727. The minimum Gasteiger partial charge on any atom is -0.275 e. The molecule has 0 radical (unpaired) electrons. The average molecular weight is 274 g/mol. The molecule has 1 aromatic heterocycles. The number of rotatable bonds is 7. The molecule has 7 heteroatoms. The maximum Gasteiger partial charge on any atom is 0.147 e. The summed E-state index contributed by atoms with van der Waals surface area (Å²) in [5.41, 5.74) is 4.80. The van der Waals surface area contributed by atoms with Crippen LogP contribution in [0.15, 0.2) is 6.20 Å². The van der Waals surface area contributed by atoms with Gasteiger partial charge in [-0.2, -0.15) is 5.10 Å². The number of aryl methyl sites for hydroxylation is 2. The molecule has 1 aromatic rings. The van der Waals surface area contributed by atoms with Gasteiger partial charge in [0, 0.05) is 36.9 Å². The van der Waals surface area contributed by atoms with Crippen molar-refractivity contribution in [1.29, 1.82) is 0 Å². The van der Waals surface area contributed by atoms with E-state index in [4.69, 9.17) is 5.84 Å². The lowest BCUT2D eigenvalue weighted by molar-refractivity contribution is 0.504. The molecular formula is C11H22N4O2S. The molecule has 18 heavy (non-hydrogen) atoms. The van der Waals surface area contributed by atoms with Crippen molar-refractivity contribution in [3.8, 4) is 0 Å². The third-order valence-corrected chi connectivity index (χ3v) is 3.89. The number of hydrazine groups is 1. The van der Waals surface area contributed by atoms with Crippen LogP contribution in [-0.4, -0.2) is 30.2 Å². The molecule has 0 aromatic carbocycles. The van der Waals surface area contributed by atoms with Crippen LogP contribution in [0.5, 0.6) is 0 Å². The lowest BCUT2D eigenvalue weighted by Gasteiger charge is -2.15. The van der Waals surface area contributed by atoms with E-state index in [-0.39, 0.29) is 11.8 Å². The van der Waals surface area contributed by atoms with Gasteiger partial charge in [-0.3, -0.25) is 16.0 Å². The average Bonchev–Trinajstić information content (AvgIpc) is 2.64. The summed E-state index contributed by atoms with van der Waals surface area (Å²) in [6, 6.07) is -0.0459. The molecule has 6 nitrogen and oxygen atoms in total. The molecule has 0 aliphatic rings. The molecule has 1 heterocycles. The Morgan fingerprint density at radius 2 is 2.22 bits per heavy atom. The summed E-state index contributed by atoms with van der Waals surface area (Å²) in [6.07, 6.45) is 5.29. The van der Waals surface area contributed by atoms with Gasteiger partial charge in [0.25, 0.3) is 0 Å². The first kappa shape index (κ1) is 15.1. The predicted octanol–water partition coefficient (Wildman–Crippen LogP) is 0.312. The van der Waals surface area contributed by atoms with E-state index in [0.29, 0.717) is 12.8 Å². The highest BCUT2D eigenvalue weighted by atomic mass is 32.2. The third-order valence-electron chi connectivity index (χ3n) is 2.86. The Bertz CT molecular complexity index is 481. The second kappa shape index (κ2) is 6.31. The van der Waals surface area contributed by atoms with Gasteiger partial charge < -0.3 is 0 Å². The van der Waals surface area contributed by atoms with Gasteiger partial charge in [0.15, 0.2) is 0 Å². The van der Waals surface area contributed by atoms with Crippen LogP contribution in [0.2, 0.25) is 0 Å². The lowest BCUT2D eigenvalue weighted by atomic mass is 10.0. The van der Waals surface area contributed by atoms with E-state index >= 15 is 0 Å². The van der Waals surface area contributed by atoms with Crippen molar-refractivity contribution in [2.45, 2.75) is 32.2 Å². The van der Waals surface area contributed by atoms with Crippen molar-refractivity contribution in [3.63, 3.8) is 0 Å². The highest BCUT2D eigenvalue weighted by Gasteiger charge is 2.17. The van der Waals surface area contributed by atoms with E-state index < -0.39 is 9.84 Å². The zero-order valence-electron chi connectivity index (χ0n) is 11.2. The van der Waals surface area contributed by atoms with E-state index in [0.717, 1.165) is 17.7 Å². The molecule has 1 atom stereocenters. The SMILES string of the molecule is CCc1nn(C)cc1C(CCCS(C)(=O)=O)NN. The van der Waals surface area contributed by atoms with Gasteiger partial charge in [0.2, 0.25) is 0 Å². The van der Waals surface area contributed by atoms with Gasteiger partial charge in [0.1, 0.15) is 9.84 Å². The summed E-state index contributed by atoms with van der Waals surface area (Å²) in [4.78, 5) is 0. The summed E-state index contributed by atoms with van der Waals surface area (Å²) in [7, 11) is -1.04. The number of aromatic nitrogens is 2. The zero-order valence-corrected chi connectivity index (χ0v) is 12.0. The number of hydrogen-bond donors (Lipinski definition) is 2. The number of hydrogen-bond acceptors (Lipinski definition) is 5. The first-order chi connectivity index (χ1) is 8.37. The van der Waals surface area contributed by atoms with Crippen molar-refractivity contribution in [2.24, 2.45) is 12.9 Å². The molecule has 1 unspecified atom stereocenters. The lowest BCUT2D eigenvalue weighted by Crippen LogP contribution is -2.28. The molecule has 0 saturated carbocycles. The predicted molar refractivity (Wildman–Crippen MR) is 71.6 cm³/mol. The van der Waals surface area contributed by atoms with E-state index in [9.17, 15) is 8.42 Å². The number of sulfone groups is 1. The maximum absolute atomic E-state index is 11.1. The molecule has 0 saturated heterocycles. The molecule has 3 N–H and O–H groups in total. The summed E-state index contributed by atoms with van der Waals surface area (Å²) >= 11 is 0. The number of nitrogens with zero attached hydrogens (tertiary/aromatic N) is 2. The molecule has 0 aliphatic carbocycles. The van der Waals surface area contributed by atoms with Crippen LogP contribution in [0.1, 0.15) is 37.1 Å². The standard InChI is InChI=1S/C11H22N4O2S/c1-4-10-9(8-15(2)14-10)11(13-12)6-5-7-18(3,16)17/h8,11,13H,4-7,12H2,1-3H3. The molecule has 1 rings (SSSR count). The van der Waals surface area contributed by atoms with Crippen molar-refractivity contribution in [1.82, 2.24) is 15.2 Å². The largest absolute Gasteiger partial charge is 0.275 e. The molecule has 0 bridgehead atoms. The monoisotopic (exact) mass is 274 g/mol. The van der Waals surface area contributed by atoms with Crippen LogP contribution >= 0.6 is 0 Å². The molecule has 104 valence electrons.